The van der Waals surface area contributed by atoms with Gasteiger partial charge in [-0.15, -0.1) is 0 Å². The van der Waals surface area contributed by atoms with Crippen molar-refractivity contribution in [3.8, 4) is 6.07 Å². The van der Waals surface area contributed by atoms with Crippen molar-refractivity contribution in [3.63, 3.8) is 0 Å². The molecule has 0 radical (unpaired) electrons. The molecule has 0 aromatic heterocycles. The molecule has 2 nitrogen and oxygen atoms in total. The van der Waals surface area contributed by atoms with E-state index in [1.165, 1.54) is 5.56 Å². The minimum atomic E-state index is 0.245. The average Bonchev–Trinajstić information content (AvgIpc) is 2.53. The van der Waals surface area contributed by atoms with Crippen LogP contribution in [0.4, 0.5) is 0 Å². The second-order valence-corrected chi connectivity index (χ2v) is 5.18. The monoisotopic (exact) mass is 264 g/mol. The van der Waals surface area contributed by atoms with Crippen LogP contribution in [0.5, 0.6) is 0 Å². The van der Waals surface area contributed by atoms with Gasteiger partial charge in [0.2, 0.25) is 0 Å². The van der Waals surface area contributed by atoms with E-state index in [0.717, 1.165) is 12.1 Å². The summed E-state index contributed by atoms with van der Waals surface area (Å²) in [5.74, 6) is 0.470. The molecule has 2 rings (SSSR count). The molecule has 2 aromatic rings. The fourth-order valence-electron chi connectivity index (χ4n) is 2.25. The molecule has 0 bridgehead atoms. The van der Waals surface area contributed by atoms with E-state index in [1.54, 1.807) is 0 Å². The zero-order chi connectivity index (χ0) is 14.4. The quantitative estimate of drug-likeness (QED) is 0.885. The second kappa shape index (κ2) is 6.88. The Bertz CT molecular complexity index is 584. The smallest absolute Gasteiger partial charge is 0.0991 e. The predicted molar refractivity (Wildman–Crippen MR) is 82.4 cm³/mol. The van der Waals surface area contributed by atoms with Gasteiger partial charge in [0.05, 0.1) is 11.6 Å². The zero-order valence-corrected chi connectivity index (χ0v) is 12.0. The molecule has 0 saturated heterocycles. The first-order chi connectivity index (χ1) is 9.70. The van der Waals surface area contributed by atoms with E-state index in [2.05, 4.69) is 55.6 Å². The normalized spacial score (nSPS) is 13.4. The number of rotatable bonds is 5. The van der Waals surface area contributed by atoms with E-state index >= 15 is 0 Å². The second-order valence-electron chi connectivity index (χ2n) is 5.18. The molecule has 0 aliphatic heterocycles. The number of nitrogens with zero attached hydrogens (tertiary/aromatic N) is 1. The van der Waals surface area contributed by atoms with Crippen LogP contribution in [0.3, 0.4) is 0 Å². The van der Waals surface area contributed by atoms with Crippen LogP contribution in [0, 0.1) is 11.3 Å². The van der Waals surface area contributed by atoms with Gasteiger partial charge >= 0.3 is 0 Å². The lowest BCUT2D eigenvalue weighted by molar-refractivity contribution is 0.537. The lowest BCUT2D eigenvalue weighted by Crippen LogP contribution is -2.23. The molecule has 20 heavy (non-hydrogen) atoms. The van der Waals surface area contributed by atoms with Crippen LogP contribution in [-0.2, 0) is 0 Å². The Morgan fingerprint density at radius 1 is 1.00 bits per heavy atom. The molecule has 0 aliphatic rings. The lowest BCUT2D eigenvalue weighted by atomic mass is 10.00. The number of hydrogen-bond donors (Lipinski definition) is 1. The highest BCUT2D eigenvalue weighted by Crippen LogP contribution is 2.17. The SMILES string of the molecule is CC(CNC(C)c1cccc(C#N)c1)c1ccccc1. The third-order valence-electron chi connectivity index (χ3n) is 3.61. The maximum Gasteiger partial charge on any atom is 0.0991 e. The molecule has 102 valence electrons. The first-order valence-corrected chi connectivity index (χ1v) is 6.99. The van der Waals surface area contributed by atoms with Gasteiger partial charge in [-0.05, 0) is 36.1 Å². The number of hydrogen-bond acceptors (Lipinski definition) is 2. The molecule has 1 N–H and O–H groups in total. The summed E-state index contributed by atoms with van der Waals surface area (Å²) in [4.78, 5) is 0. The minimum absolute atomic E-state index is 0.245. The molecular formula is C18H20N2. The van der Waals surface area contributed by atoms with Crippen LogP contribution in [0.15, 0.2) is 54.6 Å². The van der Waals surface area contributed by atoms with Crippen molar-refractivity contribution in [1.29, 1.82) is 5.26 Å². The summed E-state index contributed by atoms with van der Waals surface area (Å²) in [5, 5.41) is 12.5. The van der Waals surface area contributed by atoms with E-state index in [0.29, 0.717) is 11.5 Å². The van der Waals surface area contributed by atoms with Gasteiger partial charge < -0.3 is 5.32 Å². The third-order valence-corrected chi connectivity index (χ3v) is 3.61. The summed E-state index contributed by atoms with van der Waals surface area (Å²) in [6, 6.07) is 20.7. The van der Waals surface area contributed by atoms with Crippen molar-refractivity contribution < 1.29 is 0 Å². The van der Waals surface area contributed by atoms with Crippen molar-refractivity contribution >= 4 is 0 Å². The highest BCUT2D eigenvalue weighted by atomic mass is 14.9. The van der Waals surface area contributed by atoms with Crippen LogP contribution in [-0.4, -0.2) is 6.54 Å². The van der Waals surface area contributed by atoms with Gasteiger partial charge in [0.25, 0.3) is 0 Å². The van der Waals surface area contributed by atoms with E-state index in [9.17, 15) is 0 Å². The maximum absolute atomic E-state index is 8.94. The predicted octanol–water partition coefficient (Wildman–Crippen LogP) is 4.01. The van der Waals surface area contributed by atoms with Crippen LogP contribution >= 0.6 is 0 Å². The fraction of sp³-hybridized carbons (Fsp3) is 0.278. The van der Waals surface area contributed by atoms with Crippen molar-refractivity contribution in [2.45, 2.75) is 25.8 Å². The van der Waals surface area contributed by atoms with E-state index in [4.69, 9.17) is 5.26 Å². The summed E-state index contributed by atoms with van der Waals surface area (Å²) in [7, 11) is 0. The number of nitrogens with one attached hydrogen (secondary N) is 1. The number of nitriles is 1. The van der Waals surface area contributed by atoms with Gasteiger partial charge in [0.15, 0.2) is 0 Å². The first kappa shape index (κ1) is 14.3. The maximum atomic E-state index is 8.94. The molecular weight excluding hydrogens is 244 g/mol. The van der Waals surface area contributed by atoms with E-state index in [1.807, 2.05) is 24.3 Å². The van der Waals surface area contributed by atoms with Crippen molar-refractivity contribution in [2.75, 3.05) is 6.54 Å². The molecule has 2 aromatic carbocycles. The van der Waals surface area contributed by atoms with Crippen molar-refractivity contribution in [1.82, 2.24) is 5.32 Å². The molecule has 0 amide bonds. The van der Waals surface area contributed by atoms with Gasteiger partial charge in [0, 0.05) is 12.6 Å². The van der Waals surface area contributed by atoms with Gasteiger partial charge in [-0.3, -0.25) is 0 Å². The van der Waals surface area contributed by atoms with E-state index in [-0.39, 0.29) is 6.04 Å². The van der Waals surface area contributed by atoms with Crippen LogP contribution in [0.1, 0.15) is 42.5 Å². The molecule has 0 spiro atoms. The zero-order valence-electron chi connectivity index (χ0n) is 12.0. The molecule has 2 heteroatoms. The minimum Gasteiger partial charge on any atom is -0.310 e. The molecule has 0 fully saturated rings. The summed E-state index contributed by atoms with van der Waals surface area (Å²) in [6.45, 7) is 5.27. The highest BCUT2D eigenvalue weighted by Gasteiger charge is 2.09. The summed E-state index contributed by atoms with van der Waals surface area (Å²) >= 11 is 0. The van der Waals surface area contributed by atoms with Crippen LogP contribution < -0.4 is 5.32 Å². The molecule has 0 aliphatic carbocycles. The Kier molecular flexibility index (Phi) is 4.92. The van der Waals surface area contributed by atoms with Gasteiger partial charge in [-0.1, -0.05) is 49.4 Å². The highest BCUT2D eigenvalue weighted by molar-refractivity contribution is 5.34. The summed E-state index contributed by atoms with van der Waals surface area (Å²) < 4.78 is 0. The largest absolute Gasteiger partial charge is 0.310 e. The number of benzene rings is 2. The fourth-order valence-corrected chi connectivity index (χ4v) is 2.25. The van der Waals surface area contributed by atoms with Crippen molar-refractivity contribution in [2.24, 2.45) is 0 Å². The Hall–Kier alpha value is -2.11. The Morgan fingerprint density at radius 3 is 2.40 bits per heavy atom. The van der Waals surface area contributed by atoms with Crippen LogP contribution in [0.2, 0.25) is 0 Å². The van der Waals surface area contributed by atoms with Crippen LogP contribution in [0.25, 0.3) is 0 Å². The lowest BCUT2D eigenvalue weighted by Gasteiger charge is -2.18. The van der Waals surface area contributed by atoms with Gasteiger partial charge in [-0.2, -0.15) is 5.26 Å². The third kappa shape index (κ3) is 3.69. The first-order valence-electron chi connectivity index (χ1n) is 6.99. The summed E-state index contributed by atoms with van der Waals surface area (Å²) in [6.07, 6.45) is 0. The average molecular weight is 264 g/mol. The molecule has 0 saturated carbocycles. The van der Waals surface area contributed by atoms with Gasteiger partial charge in [0.1, 0.15) is 0 Å². The van der Waals surface area contributed by atoms with E-state index < -0.39 is 0 Å². The standard InChI is InChI=1S/C18H20N2/c1-14(17-8-4-3-5-9-17)13-20-15(2)18-10-6-7-16(11-18)12-19/h3-11,14-15,20H,13H2,1-2H3. The molecule has 2 unspecified atom stereocenters. The Morgan fingerprint density at radius 2 is 1.70 bits per heavy atom. The Balaban J connectivity index is 1.95. The Labute approximate surface area is 121 Å². The topological polar surface area (TPSA) is 35.8 Å². The molecule has 0 heterocycles. The van der Waals surface area contributed by atoms with Gasteiger partial charge in [-0.25, -0.2) is 0 Å². The summed E-state index contributed by atoms with van der Waals surface area (Å²) in [5.41, 5.74) is 3.22. The van der Waals surface area contributed by atoms with Crippen molar-refractivity contribution in [3.05, 3.63) is 71.3 Å². The molecule has 2 atom stereocenters.